The van der Waals surface area contributed by atoms with Gasteiger partial charge in [-0.05, 0) is 69.4 Å². The summed E-state index contributed by atoms with van der Waals surface area (Å²) in [7, 11) is -3.60. The summed E-state index contributed by atoms with van der Waals surface area (Å²) in [6.45, 7) is 8.94. The van der Waals surface area contributed by atoms with Crippen molar-refractivity contribution in [3.63, 3.8) is 0 Å². The maximum atomic E-state index is 13.1. The number of amides is 1. The van der Waals surface area contributed by atoms with Gasteiger partial charge in [-0.25, -0.2) is 8.42 Å². The molecule has 1 fully saturated rings. The lowest BCUT2D eigenvalue weighted by atomic mass is 9.99. The van der Waals surface area contributed by atoms with Gasteiger partial charge in [-0.1, -0.05) is 42.7 Å². The number of rotatable bonds is 5. The number of carbonyl (C=O) groups is 1. The number of aryl methyl sites for hydroxylation is 3. The first-order chi connectivity index (χ1) is 14.2. The number of benzene rings is 2. The molecule has 5 nitrogen and oxygen atoms in total. The van der Waals surface area contributed by atoms with Gasteiger partial charge in [0.2, 0.25) is 10.0 Å². The van der Waals surface area contributed by atoms with Crippen molar-refractivity contribution in [1.29, 1.82) is 0 Å². The van der Waals surface area contributed by atoms with Crippen LogP contribution >= 0.6 is 0 Å². The first-order valence-electron chi connectivity index (χ1n) is 10.7. The quantitative estimate of drug-likeness (QED) is 0.753. The lowest BCUT2D eigenvalue weighted by Gasteiger charge is -2.21. The second-order valence-corrected chi connectivity index (χ2v) is 10.3. The van der Waals surface area contributed by atoms with Crippen LogP contribution in [0.5, 0.6) is 0 Å². The molecule has 0 unspecified atom stereocenters. The molecule has 0 radical (unpaired) electrons. The van der Waals surface area contributed by atoms with E-state index in [0.717, 1.165) is 42.4 Å². The first-order valence-corrected chi connectivity index (χ1v) is 12.1. The predicted octanol–water partition coefficient (Wildman–Crippen LogP) is 4.67. The minimum Gasteiger partial charge on any atom is -0.345 e. The molecule has 3 rings (SSSR count). The smallest absolute Gasteiger partial charge is 0.252 e. The van der Waals surface area contributed by atoms with E-state index in [-0.39, 0.29) is 16.8 Å². The van der Waals surface area contributed by atoms with Gasteiger partial charge < -0.3 is 5.32 Å². The number of nitrogens with zero attached hydrogens (tertiary/aromatic N) is 1. The van der Waals surface area contributed by atoms with Crippen molar-refractivity contribution < 1.29 is 13.2 Å². The molecule has 1 heterocycles. The monoisotopic (exact) mass is 428 g/mol. The summed E-state index contributed by atoms with van der Waals surface area (Å²) in [6, 6.07) is 10.8. The Bertz CT molecular complexity index is 1020. The molecule has 6 heteroatoms. The van der Waals surface area contributed by atoms with Crippen LogP contribution in [0.2, 0.25) is 0 Å². The molecule has 162 valence electrons. The third kappa shape index (κ3) is 4.93. The second kappa shape index (κ2) is 9.31. The van der Waals surface area contributed by atoms with Gasteiger partial charge in [0, 0.05) is 18.7 Å². The largest absolute Gasteiger partial charge is 0.345 e. The zero-order valence-corrected chi connectivity index (χ0v) is 19.2. The van der Waals surface area contributed by atoms with Gasteiger partial charge in [-0.15, -0.1) is 0 Å². The predicted molar refractivity (Wildman–Crippen MR) is 120 cm³/mol. The summed E-state index contributed by atoms with van der Waals surface area (Å²) in [5, 5.41) is 3.03. The Hall–Kier alpha value is -2.18. The molecule has 0 aliphatic carbocycles. The van der Waals surface area contributed by atoms with Gasteiger partial charge in [-0.3, -0.25) is 4.79 Å². The highest BCUT2D eigenvalue weighted by Gasteiger charge is 2.26. The molecule has 2 aromatic rings. The maximum Gasteiger partial charge on any atom is 0.252 e. The Morgan fingerprint density at radius 1 is 0.933 bits per heavy atom. The van der Waals surface area contributed by atoms with Gasteiger partial charge in [0.05, 0.1) is 10.9 Å². The standard InChI is InChI=1S/C24H32N2O3S/c1-17-9-12-22(19(3)15-17)20(4)25-24(27)23-16-21(11-10-18(23)2)30(28,29)26-13-7-5-6-8-14-26/h9-12,15-16,20H,5-8,13-14H2,1-4H3,(H,25,27)/t20-/m0/s1. The highest BCUT2D eigenvalue weighted by Crippen LogP contribution is 2.24. The number of hydrogen-bond donors (Lipinski definition) is 1. The molecule has 1 atom stereocenters. The summed E-state index contributed by atoms with van der Waals surface area (Å²) >= 11 is 0. The van der Waals surface area contributed by atoms with Crippen LogP contribution in [0.4, 0.5) is 0 Å². The average Bonchev–Trinajstić information content (AvgIpc) is 2.98. The number of nitrogens with one attached hydrogen (secondary N) is 1. The van der Waals surface area contributed by atoms with Crippen molar-refractivity contribution >= 4 is 15.9 Å². The fraction of sp³-hybridized carbons (Fsp3) is 0.458. The van der Waals surface area contributed by atoms with Crippen molar-refractivity contribution in [3.8, 4) is 0 Å². The van der Waals surface area contributed by atoms with E-state index in [0.29, 0.717) is 18.7 Å². The highest BCUT2D eigenvalue weighted by molar-refractivity contribution is 7.89. The van der Waals surface area contributed by atoms with E-state index in [1.807, 2.05) is 39.8 Å². The Morgan fingerprint density at radius 3 is 2.23 bits per heavy atom. The van der Waals surface area contributed by atoms with Gasteiger partial charge >= 0.3 is 0 Å². The molecule has 0 bridgehead atoms. The van der Waals surface area contributed by atoms with Crippen LogP contribution in [0, 0.1) is 20.8 Å². The van der Waals surface area contributed by atoms with Gasteiger partial charge in [0.15, 0.2) is 0 Å². The summed E-state index contributed by atoms with van der Waals surface area (Å²) < 4.78 is 27.8. The van der Waals surface area contributed by atoms with Crippen LogP contribution in [-0.4, -0.2) is 31.7 Å². The Kier molecular flexibility index (Phi) is 6.98. The third-order valence-electron chi connectivity index (χ3n) is 5.90. The summed E-state index contributed by atoms with van der Waals surface area (Å²) in [6.07, 6.45) is 3.88. The Labute approximate surface area is 180 Å². The van der Waals surface area contributed by atoms with E-state index < -0.39 is 10.0 Å². The van der Waals surface area contributed by atoms with Crippen LogP contribution in [0.3, 0.4) is 0 Å². The zero-order chi connectivity index (χ0) is 21.9. The minimum absolute atomic E-state index is 0.177. The van der Waals surface area contributed by atoms with Gasteiger partial charge in [0.1, 0.15) is 0 Å². The molecule has 0 spiro atoms. The van der Waals surface area contributed by atoms with Crippen LogP contribution in [-0.2, 0) is 10.0 Å². The van der Waals surface area contributed by atoms with Crippen molar-refractivity contribution in [2.45, 2.75) is 64.3 Å². The van der Waals surface area contributed by atoms with Crippen molar-refractivity contribution in [2.24, 2.45) is 0 Å². The normalized spacial score (nSPS) is 16.7. The highest BCUT2D eigenvalue weighted by atomic mass is 32.2. The molecule has 1 aliphatic heterocycles. The second-order valence-electron chi connectivity index (χ2n) is 8.35. The maximum absolute atomic E-state index is 13.1. The molecular weight excluding hydrogens is 396 g/mol. The molecule has 1 N–H and O–H groups in total. The van der Waals surface area contributed by atoms with E-state index >= 15 is 0 Å². The van der Waals surface area contributed by atoms with Gasteiger partial charge in [-0.2, -0.15) is 4.31 Å². The minimum atomic E-state index is -3.60. The molecule has 0 aromatic heterocycles. The molecule has 1 amide bonds. The van der Waals surface area contributed by atoms with Crippen molar-refractivity contribution in [3.05, 3.63) is 64.2 Å². The summed E-state index contributed by atoms with van der Waals surface area (Å²) in [5.74, 6) is -0.257. The van der Waals surface area contributed by atoms with Crippen LogP contribution in [0.1, 0.15) is 71.3 Å². The van der Waals surface area contributed by atoms with Crippen LogP contribution < -0.4 is 5.32 Å². The number of sulfonamides is 1. The van der Waals surface area contributed by atoms with Gasteiger partial charge in [0.25, 0.3) is 5.91 Å². The lowest BCUT2D eigenvalue weighted by Crippen LogP contribution is -2.32. The molecule has 1 saturated heterocycles. The van der Waals surface area contributed by atoms with Crippen LogP contribution in [0.15, 0.2) is 41.3 Å². The fourth-order valence-corrected chi connectivity index (χ4v) is 5.64. The fourth-order valence-electron chi connectivity index (χ4n) is 4.10. The number of carbonyl (C=O) groups excluding carboxylic acids is 1. The SMILES string of the molecule is Cc1ccc([C@H](C)NC(=O)c2cc(S(=O)(=O)N3CCCCCC3)ccc2C)c(C)c1. The molecule has 30 heavy (non-hydrogen) atoms. The lowest BCUT2D eigenvalue weighted by molar-refractivity contribution is 0.0939. The van der Waals surface area contributed by atoms with E-state index in [4.69, 9.17) is 0 Å². The van der Waals surface area contributed by atoms with Crippen molar-refractivity contribution in [1.82, 2.24) is 9.62 Å². The van der Waals surface area contributed by atoms with Crippen LogP contribution in [0.25, 0.3) is 0 Å². The molecular formula is C24H32N2O3S. The van der Waals surface area contributed by atoms with E-state index in [1.54, 1.807) is 16.4 Å². The average molecular weight is 429 g/mol. The number of hydrogen-bond acceptors (Lipinski definition) is 3. The first kappa shape index (κ1) is 22.5. The zero-order valence-electron chi connectivity index (χ0n) is 18.4. The van der Waals surface area contributed by atoms with E-state index in [1.165, 1.54) is 11.6 Å². The van der Waals surface area contributed by atoms with E-state index in [9.17, 15) is 13.2 Å². The molecule has 2 aromatic carbocycles. The van der Waals surface area contributed by atoms with E-state index in [2.05, 4.69) is 11.4 Å². The molecule has 1 aliphatic rings. The third-order valence-corrected chi connectivity index (χ3v) is 7.79. The Balaban J connectivity index is 1.84. The topological polar surface area (TPSA) is 66.5 Å². The van der Waals surface area contributed by atoms with Crippen molar-refractivity contribution in [2.75, 3.05) is 13.1 Å². The molecule has 0 saturated carbocycles. The Morgan fingerprint density at radius 2 is 1.60 bits per heavy atom. The summed E-state index contributed by atoms with van der Waals surface area (Å²) in [4.78, 5) is 13.2. The summed E-state index contributed by atoms with van der Waals surface area (Å²) in [5.41, 5.74) is 4.52.